The van der Waals surface area contributed by atoms with E-state index in [0.29, 0.717) is 12.1 Å². The maximum absolute atomic E-state index is 11.7. The summed E-state index contributed by atoms with van der Waals surface area (Å²) in [5.41, 5.74) is 8.65. The number of rotatable bonds is 6. The highest BCUT2D eigenvalue weighted by molar-refractivity contribution is 5.94. The molecule has 0 aliphatic rings. The third kappa shape index (κ3) is 4.89. The summed E-state index contributed by atoms with van der Waals surface area (Å²) in [6.45, 7) is 4.34. The number of amides is 1. The van der Waals surface area contributed by atoms with Crippen LogP contribution in [0.3, 0.4) is 0 Å². The van der Waals surface area contributed by atoms with Crippen LogP contribution in [0, 0.1) is 0 Å². The minimum atomic E-state index is -0.397. The molecule has 0 fully saturated rings. The van der Waals surface area contributed by atoms with Crippen molar-refractivity contribution < 1.29 is 4.79 Å². The van der Waals surface area contributed by atoms with Crippen molar-refractivity contribution in [2.45, 2.75) is 32.2 Å². The molecule has 5 nitrogen and oxygen atoms in total. The average Bonchev–Trinajstić information content (AvgIpc) is 2.35. The maximum atomic E-state index is 11.7. The number of carbonyl (C=O) groups excluding carboxylic acids is 1. The van der Waals surface area contributed by atoms with E-state index < -0.39 is 5.54 Å². The lowest BCUT2D eigenvalue weighted by atomic mass is 10.00. The number of carbonyl (C=O) groups is 1. The van der Waals surface area contributed by atoms with E-state index in [1.165, 1.54) is 0 Å². The fourth-order valence-corrected chi connectivity index (χ4v) is 1.59. The van der Waals surface area contributed by atoms with Crippen LogP contribution in [0.2, 0.25) is 0 Å². The standard InChI is InChI=1S/C13H18N4O/c1-13(2,16-17-14)9-6-10-15-12(18)11-7-4-3-5-8-11/h3-5,7-8H,6,9-10H2,1-2H3,(H,15,18). The molecule has 0 aliphatic carbocycles. The highest BCUT2D eigenvalue weighted by atomic mass is 16.1. The Morgan fingerprint density at radius 2 is 2.06 bits per heavy atom. The van der Waals surface area contributed by atoms with Gasteiger partial charge in [0.1, 0.15) is 0 Å². The molecule has 0 saturated carbocycles. The molecule has 0 radical (unpaired) electrons. The van der Waals surface area contributed by atoms with Gasteiger partial charge in [0, 0.05) is 22.6 Å². The van der Waals surface area contributed by atoms with E-state index in [0.717, 1.165) is 12.8 Å². The van der Waals surface area contributed by atoms with E-state index in [1.54, 1.807) is 12.1 Å². The predicted molar refractivity (Wildman–Crippen MR) is 71.2 cm³/mol. The Kier molecular flexibility index (Phi) is 5.21. The lowest BCUT2D eigenvalue weighted by Crippen LogP contribution is -2.26. The van der Waals surface area contributed by atoms with E-state index in [-0.39, 0.29) is 5.91 Å². The van der Waals surface area contributed by atoms with Crippen LogP contribution in [0.15, 0.2) is 35.4 Å². The Morgan fingerprint density at radius 1 is 1.39 bits per heavy atom. The third-order valence-electron chi connectivity index (χ3n) is 2.60. The molecule has 1 amide bonds. The molecule has 0 aromatic heterocycles. The zero-order valence-corrected chi connectivity index (χ0v) is 10.8. The molecule has 5 heteroatoms. The predicted octanol–water partition coefficient (Wildman–Crippen LogP) is 3.29. The van der Waals surface area contributed by atoms with E-state index in [2.05, 4.69) is 15.3 Å². The van der Waals surface area contributed by atoms with Gasteiger partial charge in [0.05, 0.1) is 0 Å². The lowest BCUT2D eigenvalue weighted by Gasteiger charge is -2.17. The van der Waals surface area contributed by atoms with Crippen molar-refractivity contribution in [1.29, 1.82) is 0 Å². The third-order valence-corrected chi connectivity index (χ3v) is 2.60. The van der Waals surface area contributed by atoms with E-state index >= 15 is 0 Å². The first-order chi connectivity index (χ1) is 8.55. The van der Waals surface area contributed by atoms with Crippen LogP contribution in [-0.4, -0.2) is 18.0 Å². The summed E-state index contributed by atoms with van der Waals surface area (Å²) in [7, 11) is 0. The van der Waals surface area contributed by atoms with Crippen molar-refractivity contribution >= 4 is 5.91 Å². The fourth-order valence-electron chi connectivity index (χ4n) is 1.59. The molecule has 0 saturated heterocycles. The topological polar surface area (TPSA) is 77.9 Å². The van der Waals surface area contributed by atoms with Crippen LogP contribution >= 0.6 is 0 Å². The van der Waals surface area contributed by atoms with Gasteiger partial charge in [0.25, 0.3) is 5.91 Å². The summed E-state index contributed by atoms with van der Waals surface area (Å²) in [4.78, 5) is 14.5. The van der Waals surface area contributed by atoms with Gasteiger partial charge in [0.2, 0.25) is 0 Å². The summed E-state index contributed by atoms with van der Waals surface area (Å²) in [5, 5.41) is 6.54. The van der Waals surface area contributed by atoms with Crippen LogP contribution in [0.1, 0.15) is 37.0 Å². The van der Waals surface area contributed by atoms with Crippen molar-refractivity contribution in [2.75, 3.05) is 6.54 Å². The number of hydrogen-bond donors (Lipinski definition) is 1. The van der Waals surface area contributed by atoms with Gasteiger partial charge < -0.3 is 5.32 Å². The number of azide groups is 1. The molecule has 0 unspecified atom stereocenters. The van der Waals surface area contributed by atoms with Gasteiger partial charge in [-0.1, -0.05) is 37.2 Å². The van der Waals surface area contributed by atoms with Gasteiger partial charge in [0.15, 0.2) is 0 Å². The molecule has 1 N–H and O–H groups in total. The molecule has 18 heavy (non-hydrogen) atoms. The molecule has 96 valence electrons. The molecule has 0 heterocycles. The summed E-state index contributed by atoms with van der Waals surface area (Å²) in [5.74, 6) is -0.0720. The van der Waals surface area contributed by atoms with Crippen molar-refractivity contribution in [2.24, 2.45) is 5.11 Å². The minimum Gasteiger partial charge on any atom is -0.352 e. The summed E-state index contributed by atoms with van der Waals surface area (Å²) in [6, 6.07) is 9.09. The Labute approximate surface area is 107 Å². The quantitative estimate of drug-likeness (QED) is 0.355. The monoisotopic (exact) mass is 246 g/mol. The van der Waals surface area contributed by atoms with Crippen molar-refractivity contribution in [1.82, 2.24) is 5.32 Å². The van der Waals surface area contributed by atoms with Crippen molar-refractivity contribution in [3.8, 4) is 0 Å². The minimum absolute atomic E-state index is 0.0720. The largest absolute Gasteiger partial charge is 0.352 e. The van der Waals surface area contributed by atoms with E-state index in [4.69, 9.17) is 5.53 Å². The smallest absolute Gasteiger partial charge is 0.251 e. The summed E-state index contributed by atoms with van der Waals surface area (Å²) in [6.07, 6.45) is 1.52. The Bertz CT molecular complexity index is 436. The number of nitrogens with one attached hydrogen (secondary N) is 1. The molecule has 0 aliphatic heterocycles. The zero-order chi connectivity index (χ0) is 13.4. The second-order valence-corrected chi connectivity index (χ2v) is 4.73. The van der Waals surface area contributed by atoms with Crippen LogP contribution in [0.4, 0.5) is 0 Å². The van der Waals surface area contributed by atoms with Gasteiger partial charge in [-0.15, -0.1) is 0 Å². The molecule has 1 aromatic carbocycles. The average molecular weight is 246 g/mol. The number of benzene rings is 1. The van der Waals surface area contributed by atoms with Crippen LogP contribution in [0.5, 0.6) is 0 Å². The molecular weight excluding hydrogens is 228 g/mol. The first-order valence-electron chi connectivity index (χ1n) is 5.95. The number of hydrogen-bond acceptors (Lipinski definition) is 2. The summed E-state index contributed by atoms with van der Waals surface area (Å²) < 4.78 is 0. The zero-order valence-electron chi connectivity index (χ0n) is 10.8. The highest BCUT2D eigenvalue weighted by Gasteiger charge is 2.14. The Hall–Kier alpha value is -2.00. The molecular formula is C13H18N4O. The fraction of sp³-hybridized carbons (Fsp3) is 0.462. The van der Waals surface area contributed by atoms with Crippen LogP contribution in [0.25, 0.3) is 10.4 Å². The van der Waals surface area contributed by atoms with E-state index in [1.807, 2.05) is 32.0 Å². The number of nitrogens with zero attached hydrogens (tertiary/aromatic N) is 3. The first-order valence-corrected chi connectivity index (χ1v) is 5.95. The van der Waals surface area contributed by atoms with Crippen LogP contribution < -0.4 is 5.32 Å². The molecule has 1 rings (SSSR count). The highest BCUT2D eigenvalue weighted by Crippen LogP contribution is 2.16. The van der Waals surface area contributed by atoms with Gasteiger partial charge in [-0.3, -0.25) is 4.79 Å². The van der Waals surface area contributed by atoms with Gasteiger partial charge >= 0.3 is 0 Å². The summed E-state index contributed by atoms with van der Waals surface area (Å²) >= 11 is 0. The van der Waals surface area contributed by atoms with Crippen molar-refractivity contribution in [3.63, 3.8) is 0 Å². The maximum Gasteiger partial charge on any atom is 0.251 e. The van der Waals surface area contributed by atoms with Crippen LogP contribution in [-0.2, 0) is 0 Å². The van der Waals surface area contributed by atoms with Gasteiger partial charge in [-0.2, -0.15) is 0 Å². The normalized spacial score (nSPS) is 10.6. The molecule has 0 bridgehead atoms. The lowest BCUT2D eigenvalue weighted by molar-refractivity contribution is 0.0952. The van der Waals surface area contributed by atoms with Gasteiger partial charge in [-0.25, -0.2) is 0 Å². The second-order valence-electron chi connectivity index (χ2n) is 4.73. The van der Waals surface area contributed by atoms with E-state index in [9.17, 15) is 4.79 Å². The first kappa shape index (κ1) is 14.1. The van der Waals surface area contributed by atoms with Gasteiger partial charge in [-0.05, 0) is 30.5 Å². The SMILES string of the molecule is CC(C)(CCCNC(=O)c1ccccc1)N=[N+]=[N-]. The second kappa shape index (κ2) is 6.67. The Balaban J connectivity index is 2.31. The Morgan fingerprint density at radius 3 is 2.67 bits per heavy atom. The molecule has 1 aromatic rings. The molecule has 0 atom stereocenters. The van der Waals surface area contributed by atoms with Crippen molar-refractivity contribution in [3.05, 3.63) is 46.3 Å². The molecule has 0 spiro atoms.